The Morgan fingerprint density at radius 2 is 2.08 bits per heavy atom. The number of carbonyl (C=O) groups is 1. The number of carboxylic acid groups (broad SMARTS) is 1. The standard InChI is InChI=1S/C9H11NO2S/c11-9(12)7-3-4-8(13-7)10-5-1-2-6-10/h3-4H,1-2,5-6H2,(H,11,12). The largest absolute Gasteiger partial charge is 0.477 e. The second kappa shape index (κ2) is 3.38. The predicted octanol–water partition coefficient (Wildman–Crippen LogP) is 2.05. The fourth-order valence-corrected chi connectivity index (χ4v) is 2.45. The summed E-state index contributed by atoms with van der Waals surface area (Å²) in [6, 6.07) is 3.58. The van der Waals surface area contributed by atoms with Crippen LogP contribution in [0.1, 0.15) is 22.5 Å². The zero-order chi connectivity index (χ0) is 9.26. The van der Waals surface area contributed by atoms with E-state index in [-0.39, 0.29) is 0 Å². The summed E-state index contributed by atoms with van der Waals surface area (Å²) < 4.78 is 0. The summed E-state index contributed by atoms with van der Waals surface area (Å²) in [6.45, 7) is 2.14. The minimum absolute atomic E-state index is 0.432. The number of nitrogens with zero attached hydrogens (tertiary/aromatic N) is 1. The smallest absolute Gasteiger partial charge is 0.345 e. The van der Waals surface area contributed by atoms with Gasteiger partial charge in [0.1, 0.15) is 4.88 Å². The highest BCUT2D eigenvalue weighted by Crippen LogP contribution is 2.28. The average molecular weight is 197 g/mol. The van der Waals surface area contributed by atoms with Crippen LogP contribution in [0.2, 0.25) is 0 Å². The van der Waals surface area contributed by atoms with Gasteiger partial charge in [-0.3, -0.25) is 0 Å². The first-order valence-corrected chi connectivity index (χ1v) is 5.17. The van der Waals surface area contributed by atoms with Gasteiger partial charge in [-0.25, -0.2) is 4.79 Å². The van der Waals surface area contributed by atoms with Crippen molar-refractivity contribution in [3.63, 3.8) is 0 Å². The van der Waals surface area contributed by atoms with Crippen LogP contribution < -0.4 is 4.90 Å². The van der Waals surface area contributed by atoms with Crippen molar-refractivity contribution in [2.75, 3.05) is 18.0 Å². The van der Waals surface area contributed by atoms with Crippen LogP contribution in [0.3, 0.4) is 0 Å². The van der Waals surface area contributed by atoms with E-state index in [9.17, 15) is 4.79 Å². The molecule has 3 nitrogen and oxygen atoms in total. The van der Waals surface area contributed by atoms with Crippen LogP contribution >= 0.6 is 11.3 Å². The molecule has 0 aromatic carbocycles. The first-order chi connectivity index (χ1) is 6.27. The molecule has 0 radical (unpaired) electrons. The van der Waals surface area contributed by atoms with E-state index in [4.69, 9.17) is 5.11 Å². The van der Waals surface area contributed by atoms with E-state index in [0.29, 0.717) is 4.88 Å². The number of hydrogen-bond donors (Lipinski definition) is 1. The summed E-state index contributed by atoms with van der Waals surface area (Å²) in [6.07, 6.45) is 2.45. The van der Waals surface area contributed by atoms with E-state index >= 15 is 0 Å². The molecule has 0 bridgehead atoms. The van der Waals surface area contributed by atoms with E-state index in [2.05, 4.69) is 4.90 Å². The highest BCUT2D eigenvalue weighted by molar-refractivity contribution is 7.17. The van der Waals surface area contributed by atoms with Gasteiger partial charge in [0.15, 0.2) is 0 Å². The molecule has 13 heavy (non-hydrogen) atoms. The highest BCUT2D eigenvalue weighted by Gasteiger charge is 2.15. The molecule has 0 atom stereocenters. The molecule has 2 heterocycles. The second-order valence-corrected chi connectivity index (χ2v) is 4.20. The van der Waals surface area contributed by atoms with Crippen molar-refractivity contribution in [1.29, 1.82) is 0 Å². The SMILES string of the molecule is O=C(O)c1ccc(N2CCCC2)s1. The van der Waals surface area contributed by atoms with Crippen molar-refractivity contribution in [2.24, 2.45) is 0 Å². The maximum Gasteiger partial charge on any atom is 0.345 e. The Hall–Kier alpha value is -1.03. The Kier molecular flexibility index (Phi) is 2.22. The number of thiophene rings is 1. The Morgan fingerprint density at radius 3 is 2.62 bits per heavy atom. The van der Waals surface area contributed by atoms with Crippen molar-refractivity contribution in [2.45, 2.75) is 12.8 Å². The minimum Gasteiger partial charge on any atom is -0.477 e. The summed E-state index contributed by atoms with van der Waals surface area (Å²) in [5.74, 6) is -0.824. The molecule has 1 aromatic rings. The third kappa shape index (κ3) is 1.67. The maximum absolute atomic E-state index is 10.6. The highest BCUT2D eigenvalue weighted by atomic mass is 32.1. The molecule has 1 N–H and O–H groups in total. The Morgan fingerprint density at radius 1 is 1.38 bits per heavy atom. The fourth-order valence-electron chi connectivity index (χ4n) is 1.55. The molecular weight excluding hydrogens is 186 g/mol. The molecule has 0 unspecified atom stereocenters. The zero-order valence-electron chi connectivity index (χ0n) is 7.19. The van der Waals surface area contributed by atoms with Crippen molar-refractivity contribution in [1.82, 2.24) is 0 Å². The van der Waals surface area contributed by atoms with E-state index in [1.54, 1.807) is 6.07 Å². The van der Waals surface area contributed by atoms with Gasteiger partial charge in [0.05, 0.1) is 5.00 Å². The molecule has 1 saturated heterocycles. The topological polar surface area (TPSA) is 40.5 Å². The molecule has 0 saturated carbocycles. The monoisotopic (exact) mass is 197 g/mol. The Bertz CT molecular complexity index is 315. The molecule has 70 valence electrons. The summed E-state index contributed by atoms with van der Waals surface area (Å²) in [4.78, 5) is 13.3. The van der Waals surface area contributed by atoms with E-state index in [1.807, 2.05) is 6.07 Å². The van der Waals surface area contributed by atoms with Crippen molar-refractivity contribution in [3.8, 4) is 0 Å². The average Bonchev–Trinajstić information content (AvgIpc) is 2.75. The van der Waals surface area contributed by atoms with E-state index in [1.165, 1.54) is 24.2 Å². The maximum atomic E-state index is 10.6. The van der Waals surface area contributed by atoms with Crippen molar-refractivity contribution >= 4 is 22.3 Å². The number of aromatic carboxylic acids is 1. The quantitative estimate of drug-likeness (QED) is 0.788. The molecule has 0 spiro atoms. The predicted molar refractivity (Wildman–Crippen MR) is 52.7 cm³/mol. The van der Waals surface area contributed by atoms with E-state index < -0.39 is 5.97 Å². The van der Waals surface area contributed by atoms with Gasteiger partial charge in [-0.2, -0.15) is 0 Å². The third-order valence-electron chi connectivity index (χ3n) is 2.22. The lowest BCUT2D eigenvalue weighted by molar-refractivity contribution is 0.0702. The number of carboxylic acids is 1. The van der Waals surface area contributed by atoms with Crippen LogP contribution in [-0.4, -0.2) is 24.2 Å². The van der Waals surface area contributed by atoms with Gasteiger partial charge < -0.3 is 10.0 Å². The van der Waals surface area contributed by atoms with Gasteiger partial charge in [-0.05, 0) is 25.0 Å². The number of hydrogen-bond acceptors (Lipinski definition) is 3. The van der Waals surface area contributed by atoms with Crippen LogP contribution in [0.5, 0.6) is 0 Å². The molecule has 1 aliphatic rings. The summed E-state index contributed by atoms with van der Waals surface area (Å²) >= 11 is 1.36. The van der Waals surface area contributed by atoms with Gasteiger partial charge in [0.2, 0.25) is 0 Å². The molecule has 2 rings (SSSR count). The van der Waals surface area contributed by atoms with Crippen LogP contribution in [0, 0.1) is 0 Å². The van der Waals surface area contributed by atoms with Crippen LogP contribution in [0.15, 0.2) is 12.1 Å². The molecular formula is C9H11NO2S. The molecule has 1 aromatic heterocycles. The van der Waals surface area contributed by atoms with Crippen molar-refractivity contribution < 1.29 is 9.90 Å². The lowest BCUT2D eigenvalue weighted by Gasteiger charge is -2.13. The number of rotatable bonds is 2. The lowest BCUT2D eigenvalue weighted by Crippen LogP contribution is -2.15. The first kappa shape index (κ1) is 8.56. The van der Waals surface area contributed by atoms with Gasteiger partial charge in [0, 0.05) is 13.1 Å². The molecule has 0 amide bonds. The molecule has 1 fully saturated rings. The van der Waals surface area contributed by atoms with Crippen LogP contribution in [0.25, 0.3) is 0 Å². The Balaban J connectivity index is 2.16. The molecule has 1 aliphatic heterocycles. The fraction of sp³-hybridized carbons (Fsp3) is 0.444. The van der Waals surface area contributed by atoms with Crippen LogP contribution in [0.4, 0.5) is 5.00 Å². The van der Waals surface area contributed by atoms with Gasteiger partial charge in [0.25, 0.3) is 0 Å². The van der Waals surface area contributed by atoms with Gasteiger partial charge in [-0.1, -0.05) is 0 Å². The summed E-state index contributed by atoms with van der Waals surface area (Å²) in [5, 5.41) is 9.83. The third-order valence-corrected chi connectivity index (χ3v) is 3.35. The first-order valence-electron chi connectivity index (χ1n) is 4.35. The summed E-state index contributed by atoms with van der Waals surface area (Å²) in [7, 11) is 0. The van der Waals surface area contributed by atoms with Crippen molar-refractivity contribution in [3.05, 3.63) is 17.0 Å². The lowest BCUT2D eigenvalue weighted by atomic mass is 10.4. The molecule has 0 aliphatic carbocycles. The van der Waals surface area contributed by atoms with Gasteiger partial charge in [-0.15, -0.1) is 11.3 Å². The van der Waals surface area contributed by atoms with Gasteiger partial charge >= 0.3 is 5.97 Å². The zero-order valence-corrected chi connectivity index (χ0v) is 8.01. The number of anilines is 1. The molecule has 4 heteroatoms. The summed E-state index contributed by atoms with van der Waals surface area (Å²) in [5.41, 5.74) is 0. The minimum atomic E-state index is -0.824. The van der Waals surface area contributed by atoms with Crippen LogP contribution in [-0.2, 0) is 0 Å². The second-order valence-electron chi connectivity index (χ2n) is 3.14. The Labute approximate surface area is 80.6 Å². The normalized spacial score (nSPS) is 16.5. The van der Waals surface area contributed by atoms with E-state index in [0.717, 1.165) is 18.1 Å².